The van der Waals surface area contributed by atoms with Crippen LogP contribution in [0.2, 0.25) is 0 Å². The lowest BCUT2D eigenvalue weighted by molar-refractivity contribution is -0.148. The fourth-order valence-electron chi connectivity index (χ4n) is 3.43. The summed E-state index contributed by atoms with van der Waals surface area (Å²) in [5.41, 5.74) is -0.484. The number of carboxylic acids is 1. The van der Waals surface area contributed by atoms with E-state index in [-0.39, 0.29) is 0 Å². The van der Waals surface area contributed by atoms with E-state index in [1.54, 1.807) is 0 Å². The van der Waals surface area contributed by atoms with Crippen LogP contribution in [-0.2, 0) is 9.53 Å². The number of carbonyl (C=O) groups is 1. The molecular formula is C14H25NO3. The van der Waals surface area contributed by atoms with Gasteiger partial charge in [0.2, 0.25) is 0 Å². The minimum Gasteiger partial charge on any atom is -0.481 e. The third kappa shape index (κ3) is 2.86. The number of carboxylic acid groups (broad SMARTS) is 1. The van der Waals surface area contributed by atoms with Crippen molar-refractivity contribution in [3.05, 3.63) is 0 Å². The van der Waals surface area contributed by atoms with Crippen molar-refractivity contribution >= 4 is 5.97 Å². The van der Waals surface area contributed by atoms with Crippen molar-refractivity contribution in [2.75, 3.05) is 26.3 Å². The van der Waals surface area contributed by atoms with Crippen molar-refractivity contribution in [3.63, 3.8) is 0 Å². The first kappa shape index (κ1) is 13.8. The molecule has 0 aliphatic carbocycles. The first-order valence-electron chi connectivity index (χ1n) is 7.23. The molecule has 2 unspecified atom stereocenters. The Hall–Kier alpha value is -0.610. The lowest BCUT2D eigenvalue weighted by Gasteiger charge is -2.29. The maximum atomic E-state index is 11.6. The van der Waals surface area contributed by atoms with Crippen LogP contribution in [-0.4, -0.2) is 48.3 Å². The molecule has 4 heteroatoms. The molecule has 2 fully saturated rings. The van der Waals surface area contributed by atoms with Crippen LogP contribution in [0, 0.1) is 5.41 Å². The second-order valence-corrected chi connectivity index (χ2v) is 5.75. The maximum Gasteiger partial charge on any atom is 0.310 e. The Morgan fingerprint density at radius 1 is 1.44 bits per heavy atom. The highest BCUT2D eigenvalue weighted by Gasteiger charge is 2.45. The summed E-state index contributed by atoms with van der Waals surface area (Å²) in [6, 6.07) is 0.533. The van der Waals surface area contributed by atoms with Gasteiger partial charge in [-0.2, -0.15) is 0 Å². The molecule has 0 aromatic rings. The molecule has 0 spiro atoms. The van der Waals surface area contributed by atoms with E-state index in [0.29, 0.717) is 6.04 Å². The van der Waals surface area contributed by atoms with E-state index < -0.39 is 11.4 Å². The van der Waals surface area contributed by atoms with Crippen LogP contribution in [0.1, 0.15) is 45.4 Å². The molecule has 0 saturated carbocycles. The molecule has 2 aliphatic heterocycles. The third-order valence-corrected chi connectivity index (χ3v) is 4.50. The molecule has 2 rings (SSSR count). The summed E-state index contributed by atoms with van der Waals surface area (Å²) in [7, 11) is 0. The summed E-state index contributed by atoms with van der Waals surface area (Å²) in [6.07, 6.45) is 5.89. The van der Waals surface area contributed by atoms with E-state index in [2.05, 4.69) is 11.8 Å². The molecule has 0 bridgehead atoms. The number of likely N-dealkylation sites (tertiary alicyclic amines) is 1. The number of nitrogens with zero attached hydrogens (tertiary/aromatic N) is 1. The molecular weight excluding hydrogens is 230 g/mol. The fourth-order valence-corrected chi connectivity index (χ4v) is 3.43. The molecule has 2 aliphatic rings. The number of hydrogen-bond donors (Lipinski definition) is 1. The molecule has 4 nitrogen and oxygen atoms in total. The van der Waals surface area contributed by atoms with Gasteiger partial charge in [0.25, 0.3) is 0 Å². The molecule has 2 heterocycles. The summed E-state index contributed by atoms with van der Waals surface area (Å²) >= 11 is 0. The number of aliphatic carboxylic acids is 1. The zero-order valence-electron chi connectivity index (χ0n) is 11.4. The zero-order valence-corrected chi connectivity index (χ0v) is 11.4. The van der Waals surface area contributed by atoms with E-state index in [1.807, 2.05) is 0 Å². The lowest BCUT2D eigenvalue weighted by Crippen LogP contribution is -2.39. The Bertz CT molecular complexity index is 287. The van der Waals surface area contributed by atoms with Crippen LogP contribution < -0.4 is 0 Å². The highest BCUT2D eigenvalue weighted by atomic mass is 16.5. The molecule has 104 valence electrons. The Morgan fingerprint density at radius 3 is 3.00 bits per heavy atom. The number of ether oxygens (including phenoxy) is 1. The van der Waals surface area contributed by atoms with Crippen molar-refractivity contribution in [2.24, 2.45) is 5.41 Å². The van der Waals surface area contributed by atoms with Gasteiger partial charge in [-0.25, -0.2) is 0 Å². The van der Waals surface area contributed by atoms with Crippen molar-refractivity contribution in [3.8, 4) is 0 Å². The summed E-state index contributed by atoms with van der Waals surface area (Å²) in [6.45, 7) is 5.45. The monoisotopic (exact) mass is 255 g/mol. The smallest absolute Gasteiger partial charge is 0.310 e. The topological polar surface area (TPSA) is 49.8 Å². The molecule has 0 radical (unpaired) electrons. The Morgan fingerprint density at radius 2 is 2.28 bits per heavy atom. The van der Waals surface area contributed by atoms with Crippen LogP contribution in [0.5, 0.6) is 0 Å². The third-order valence-electron chi connectivity index (χ3n) is 4.50. The van der Waals surface area contributed by atoms with E-state index in [9.17, 15) is 9.90 Å². The van der Waals surface area contributed by atoms with Crippen molar-refractivity contribution in [1.82, 2.24) is 4.90 Å². The molecule has 0 aromatic carbocycles. The van der Waals surface area contributed by atoms with Crippen LogP contribution >= 0.6 is 0 Å². The molecule has 2 atom stereocenters. The summed E-state index contributed by atoms with van der Waals surface area (Å²) in [5.74, 6) is -0.600. The quantitative estimate of drug-likeness (QED) is 0.836. The zero-order chi connectivity index (χ0) is 13.0. The van der Waals surface area contributed by atoms with Crippen LogP contribution in [0.25, 0.3) is 0 Å². The van der Waals surface area contributed by atoms with Gasteiger partial charge in [0.1, 0.15) is 0 Å². The lowest BCUT2D eigenvalue weighted by atomic mass is 9.82. The Kier molecular flexibility index (Phi) is 4.62. The first-order chi connectivity index (χ1) is 8.68. The molecule has 2 saturated heterocycles. The molecule has 0 aromatic heterocycles. The van der Waals surface area contributed by atoms with Crippen LogP contribution in [0.4, 0.5) is 0 Å². The van der Waals surface area contributed by atoms with Gasteiger partial charge in [0.05, 0.1) is 5.41 Å². The molecule has 0 amide bonds. The summed E-state index contributed by atoms with van der Waals surface area (Å²) in [5, 5.41) is 9.52. The largest absolute Gasteiger partial charge is 0.481 e. The predicted molar refractivity (Wildman–Crippen MR) is 69.6 cm³/mol. The van der Waals surface area contributed by atoms with E-state index in [1.165, 1.54) is 0 Å². The normalized spacial score (nSPS) is 34.4. The average Bonchev–Trinajstić information content (AvgIpc) is 2.61. The second-order valence-electron chi connectivity index (χ2n) is 5.75. The first-order valence-corrected chi connectivity index (χ1v) is 7.23. The standard InChI is InChI=1S/C14H25NO3/c1-2-6-14(13(16)17)7-8-15(11-14)12-4-3-9-18-10-5-12/h12H,2-11H2,1H3,(H,16,17). The maximum absolute atomic E-state index is 11.6. The minimum absolute atomic E-state index is 0.484. The van der Waals surface area contributed by atoms with Gasteiger partial charge in [-0.05, 0) is 38.6 Å². The van der Waals surface area contributed by atoms with Gasteiger partial charge < -0.3 is 9.84 Å². The van der Waals surface area contributed by atoms with Crippen molar-refractivity contribution in [2.45, 2.75) is 51.5 Å². The highest BCUT2D eigenvalue weighted by Crippen LogP contribution is 2.37. The highest BCUT2D eigenvalue weighted by molar-refractivity contribution is 5.75. The number of hydrogen-bond acceptors (Lipinski definition) is 3. The fraction of sp³-hybridized carbons (Fsp3) is 0.929. The van der Waals surface area contributed by atoms with Crippen LogP contribution in [0.15, 0.2) is 0 Å². The second kappa shape index (κ2) is 6.02. The van der Waals surface area contributed by atoms with Gasteiger partial charge in [0.15, 0.2) is 0 Å². The Balaban J connectivity index is 1.98. The van der Waals surface area contributed by atoms with Gasteiger partial charge >= 0.3 is 5.97 Å². The van der Waals surface area contributed by atoms with E-state index in [4.69, 9.17) is 4.74 Å². The van der Waals surface area contributed by atoms with Gasteiger partial charge in [-0.1, -0.05) is 13.3 Å². The summed E-state index contributed by atoms with van der Waals surface area (Å²) < 4.78 is 5.49. The summed E-state index contributed by atoms with van der Waals surface area (Å²) in [4.78, 5) is 14.0. The number of rotatable bonds is 4. The van der Waals surface area contributed by atoms with Gasteiger partial charge in [-0.15, -0.1) is 0 Å². The molecule has 1 N–H and O–H groups in total. The predicted octanol–water partition coefficient (Wildman–Crippen LogP) is 2.13. The van der Waals surface area contributed by atoms with E-state index >= 15 is 0 Å². The SMILES string of the molecule is CCCC1(C(=O)O)CCN(C2CCCOCC2)C1. The minimum atomic E-state index is -0.600. The van der Waals surface area contributed by atoms with Crippen molar-refractivity contribution in [1.29, 1.82) is 0 Å². The van der Waals surface area contributed by atoms with Crippen LogP contribution in [0.3, 0.4) is 0 Å². The molecule has 18 heavy (non-hydrogen) atoms. The average molecular weight is 255 g/mol. The van der Waals surface area contributed by atoms with Gasteiger partial charge in [0, 0.05) is 25.8 Å². The van der Waals surface area contributed by atoms with Crippen molar-refractivity contribution < 1.29 is 14.6 Å². The Labute approximate surface area is 109 Å². The van der Waals surface area contributed by atoms with Gasteiger partial charge in [-0.3, -0.25) is 9.69 Å². The van der Waals surface area contributed by atoms with E-state index in [0.717, 1.165) is 64.8 Å².